The molecular weight excluding hydrogens is 252 g/mol. The summed E-state index contributed by atoms with van der Waals surface area (Å²) in [4.78, 5) is 11.0. The molecule has 0 aliphatic carbocycles. The van der Waals surface area contributed by atoms with Gasteiger partial charge in [-0.3, -0.25) is 4.79 Å². The molecule has 20 heavy (non-hydrogen) atoms. The first-order valence-corrected chi connectivity index (χ1v) is 6.86. The number of benzene rings is 1. The number of hydrogen-bond donors (Lipinski definition) is 1. The second kappa shape index (κ2) is 6.37. The van der Waals surface area contributed by atoms with Crippen molar-refractivity contribution in [2.75, 3.05) is 6.61 Å². The van der Waals surface area contributed by atoms with E-state index in [1.54, 1.807) is 6.07 Å². The largest absolute Gasteiger partial charge is 0.493 e. The van der Waals surface area contributed by atoms with Crippen LogP contribution >= 0.6 is 0 Å². The number of nitrogens with zero attached hydrogens (tertiary/aromatic N) is 1. The summed E-state index contributed by atoms with van der Waals surface area (Å²) < 4.78 is 5.78. The van der Waals surface area contributed by atoms with E-state index in [1.807, 2.05) is 25.1 Å². The fraction of sp³-hybridized carbons (Fsp3) is 0.375. The number of hydrogen-bond acceptors (Lipinski definition) is 3. The van der Waals surface area contributed by atoms with Crippen LogP contribution in [0, 0.1) is 12.8 Å². The van der Waals surface area contributed by atoms with Crippen LogP contribution in [0.3, 0.4) is 0 Å². The standard InChI is InChI=1S/C16H20N2O2/c1-11(2)8-9-20-15-6-4-13(10-12(15)3)14-5-7-16(19)18-17-14/h4-7,10-11H,8-9H2,1-3H3,(H,18,19). The van der Waals surface area contributed by atoms with Crippen LogP contribution in [0.1, 0.15) is 25.8 Å². The van der Waals surface area contributed by atoms with Crippen molar-refractivity contribution in [3.05, 3.63) is 46.2 Å². The lowest BCUT2D eigenvalue weighted by Gasteiger charge is -2.11. The highest BCUT2D eigenvalue weighted by atomic mass is 16.5. The van der Waals surface area contributed by atoms with Gasteiger partial charge in [0, 0.05) is 11.6 Å². The van der Waals surface area contributed by atoms with Gasteiger partial charge >= 0.3 is 0 Å². The van der Waals surface area contributed by atoms with Crippen LogP contribution in [0.15, 0.2) is 35.1 Å². The average molecular weight is 272 g/mol. The van der Waals surface area contributed by atoms with E-state index in [-0.39, 0.29) is 5.56 Å². The van der Waals surface area contributed by atoms with Crippen molar-refractivity contribution in [2.45, 2.75) is 27.2 Å². The van der Waals surface area contributed by atoms with Crippen molar-refractivity contribution in [1.29, 1.82) is 0 Å². The Balaban J connectivity index is 2.13. The first kappa shape index (κ1) is 14.3. The molecule has 2 aromatic rings. The number of aromatic amines is 1. The molecule has 1 aromatic carbocycles. The maximum atomic E-state index is 11.0. The lowest BCUT2D eigenvalue weighted by atomic mass is 10.1. The van der Waals surface area contributed by atoms with Crippen molar-refractivity contribution >= 4 is 0 Å². The van der Waals surface area contributed by atoms with E-state index in [0.29, 0.717) is 5.92 Å². The zero-order valence-electron chi connectivity index (χ0n) is 12.1. The predicted molar refractivity (Wildman–Crippen MR) is 80.0 cm³/mol. The topological polar surface area (TPSA) is 55.0 Å². The molecule has 0 saturated carbocycles. The fourth-order valence-electron chi connectivity index (χ4n) is 1.88. The van der Waals surface area contributed by atoms with Crippen LogP contribution < -0.4 is 10.3 Å². The van der Waals surface area contributed by atoms with E-state index in [4.69, 9.17) is 4.74 Å². The Labute approximate surface area is 118 Å². The van der Waals surface area contributed by atoms with Gasteiger partial charge in [-0.25, -0.2) is 5.10 Å². The maximum absolute atomic E-state index is 11.0. The third-order valence-electron chi connectivity index (χ3n) is 3.10. The Morgan fingerprint density at radius 3 is 2.65 bits per heavy atom. The summed E-state index contributed by atoms with van der Waals surface area (Å²) in [5, 5.41) is 6.47. The van der Waals surface area contributed by atoms with Gasteiger partial charge in [0.05, 0.1) is 12.3 Å². The Hall–Kier alpha value is -2.10. The van der Waals surface area contributed by atoms with Crippen LogP contribution in [-0.4, -0.2) is 16.8 Å². The lowest BCUT2D eigenvalue weighted by Crippen LogP contribution is -2.06. The van der Waals surface area contributed by atoms with E-state index in [1.165, 1.54) is 6.07 Å². The van der Waals surface area contributed by atoms with Gasteiger partial charge in [-0.2, -0.15) is 5.10 Å². The van der Waals surface area contributed by atoms with Gasteiger partial charge in [0.15, 0.2) is 0 Å². The summed E-state index contributed by atoms with van der Waals surface area (Å²) >= 11 is 0. The Morgan fingerprint density at radius 2 is 2.05 bits per heavy atom. The van der Waals surface area contributed by atoms with Crippen LogP contribution in [0.4, 0.5) is 0 Å². The van der Waals surface area contributed by atoms with Crippen LogP contribution in [0.5, 0.6) is 5.75 Å². The van der Waals surface area contributed by atoms with Crippen LogP contribution in [-0.2, 0) is 0 Å². The van der Waals surface area contributed by atoms with Crippen molar-refractivity contribution < 1.29 is 4.74 Å². The summed E-state index contributed by atoms with van der Waals surface area (Å²) in [6, 6.07) is 9.12. The highest BCUT2D eigenvalue weighted by molar-refractivity contribution is 5.61. The SMILES string of the molecule is Cc1cc(-c2ccc(=O)[nH]n2)ccc1OCCC(C)C. The molecule has 0 aliphatic rings. The van der Waals surface area contributed by atoms with E-state index in [9.17, 15) is 4.79 Å². The Bertz CT molecular complexity index is 612. The molecule has 0 atom stereocenters. The first-order valence-electron chi connectivity index (χ1n) is 6.86. The molecule has 0 radical (unpaired) electrons. The Morgan fingerprint density at radius 1 is 1.25 bits per heavy atom. The minimum absolute atomic E-state index is 0.195. The summed E-state index contributed by atoms with van der Waals surface area (Å²) in [5.74, 6) is 1.54. The molecule has 2 rings (SSSR count). The van der Waals surface area contributed by atoms with Gasteiger partial charge in [-0.1, -0.05) is 13.8 Å². The molecule has 1 N–H and O–H groups in total. The maximum Gasteiger partial charge on any atom is 0.264 e. The van der Waals surface area contributed by atoms with Crippen LogP contribution in [0.2, 0.25) is 0 Å². The van der Waals surface area contributed by atoms with Crippen molar-refractivity contribution in [3.63, 3.8) is 0 Å². The summed E-state index contributed by atoms with van der Waals surface area (Å²) in [7, 11) is 0. The molecule has 1 aromatic heterocycles. The minimum Gasteiger partial charge on any atom is -0.493 e. The smallest absolute Gasteiger partial charge is 0.264 e. The van der Waals surface area contributed by atoms with Gasteiger partial charge < -0.3 is 4.74 Å². The monoisotopic (exact) mass is 272 g/mol. The summed E-state index contributed by atoms with van der Waals surface area (Å²) in [6.45, 7) is 7.11. The van der Waals surface area contributed by atoms with E-state index < -0.39 is 0 Å². The molecule has 0 amide bonds. The molecule has 0 fully saturated rings. The molecule has 4 heteroatoms. The summed E-state index contributed by atoms with van der Waals surface area (Å²) in [5.41, 5.74) is 2.59. The van der Waals surface area contributed by atoms with Crippen molar-refractivity contribution in [1.82, 2.24) is 10.2 Å². The lowest BCUT2D eigenvalue weighted by molar-refractivity contribution is 0.288. The zero-order valence-corrected chi connectivity index (χ0v) is 12.1. The van der Waals surface area contributed by atoms with E-state index in [2.05, 4.69) is 24.0 Å². The molecule has 4 nitrogen and oxygen atoms in total. The number of H-pyrrole nitrogens is 1. The quantitative estimate of drug-likeness (QED) is 0.909. The number of rotatable bonds is 5. The second-order valence-electron chi connectivity index (χ2n) is 5.32. The predicted octanol–water partition coefficient (Wildman–Crippen LogP) is 3.17. The molecule has 0 aliphatic heterocycles. The van der Waals surface area contributed by atoms with Gasteiger partial charge in [-0.15, -0.1) is 0 Å². The normalized spacial score (nSPS) is 10.8. The van der Waals surface area contributed by atoms with Crippen LogP contribution in [0.25, 0.3) is 11.3 Å². The number of aromatic nitrogens is 2. The third kappa shape index (κ3) is 3.70. The summed E-state index contributed by atoms with van der Waals surface area (Å²) in [6.07, 6.45) is 1.04. The number of aryl methyl sites for hydroxylation is 1. The van der Waals surface area contributed by atoms with Gasteiger partial charge in [0.25, 0.3) is 5.56 Å². The van der Waals surface area contributed by atoms with E-state index >= 15 is 0 Å². The van der Waals surface area contributed by atoms with E-state index in [0.717, 1.165) is 35.6 Å². The van der Waals surface area contributed by atoms with Gasteiger partial charge in [-0.05, 0) is 49.1 Å². The molecule has 1 heterocycles. The first-order chi connectivity index (χ1) is 9.56. The zero-order chi connectivity index (χ0) is 14.5. The molecule has 0 unspecified atom stereocenters. The third-order valence-corrected chi connectivity index (χ3v) is 3.10. The van der Waals surface area contributed by atoms with Crippen molar-refractivity contribution in [3.8, 4) is 17.0 Å². The second-order valence-corrected chi connectivity index (χ2v) is 5.32. The molecule has 0 saturated heterocycles. The average Bonchev–Trinajstić information content (AvgIpc) is 2.41. The molecular formula is C16H20N2O2. The highest BCUT2D eigenvalue weighted by Gasteiger charge is 2.05. The van der Waals surface area contributed by atoms with Gasteiger partial charge in [0.1, 0.15) is 5.75 Å². The molecule has 106 valence electrons. The number of ether oxygens (including phenoxy) is 1. The van der Waals surface area contributed by atoms with Gasteiger partial charge in [0.2, 0.25) is 0 Å². The molecule has 0 bridgehead atoms. The fourth-order valence-corrected chi connectivity index (χ4v) is 1.88. The highest BCUT2D eigenvalue weighted by Crippen LogP contribution is 2.24. The number of nitrogens with one attached hydrogen (secondary N) is 1. The molecule has 0 spiro atoms. The minimum atomic E-state index is -0.195. The Kier molecular flexibility index (Phi) is 4.56. The van der Waals surface area contributed by atoms with Crippen molar-refractivity contribution in [2.24, 2.45) is 5.92 Å².